The lowest BCUT2D eigenvalue weighted by Crippen LogP contribution is -2.32. The van der Waals surface area contributed by atoms with Crippen LogP contribution in [0.3, 0.4) is 0 Å². The summed E-state index contributed by atoms with van der Waals surface area (Å²) in [4.78, 5) is 0. The minimum atomic E-state index is 0.333. The van der Waals surface area contributed by atoms with Crippen molar-refractivity contribution in [3.8, 4) is 0 Å². The van der Waals surface area contributed by atoms with E-state index in [0.717, 1.165) is 34.3 Å². The quantitative estimate of drug-likeness (QED) is 0.199. The van der Waals surface area contributed by atoms with Crippen LogP contribution in [-0.2, 0) is 0 Å². The molecule has 0 rings (SSSR count). The number of rotatable bonds is 16. The van der Waals surface area contributed by atoms with Gasteiger partial charge < -0.3 is 0 Å². The van der Waals surface area contributed by atoms with E-state index in [4.69, 9.17) is 0 Å². The van der Waals surface area contributed by atoms with Crippen LogP contribution in [0.5, 0.6) is 0 Å². The molecule has 0 saturated carbocycles. The third-order valence-electron chi connectivity index (χ3n) is 4.69. The van der Waals surface area contributed by atoms with Crippen LogP contribution < -0.4 is 0 Å². The fraction of sp³-hybridized carbons (Fsp3) is 0.636. The second-order valence-electron chi connectivity index (χ2n) is 6.86. The Hall–Kier alpha value is -0.610. The third-order valence-corrected chi connectivity index (χ3v) is 7.07. The Morgan fingerprint density at radius 2 is 0.957 bits per heavy atom. The van der Waals surface area contributed by atoms with Gasteiger partial charge in [0.1, 0.15) is 0 Å². The van der Waals surface area contributed by atoms with Crippen molar-refractivity contribution in [3.63, 3.8) is 0 Å². The number of hydrogen-bond acceptors (Lipinski definition) is 0. The van der Waals surface area contributed by atoms with Crippen molar-refractivity contribution in [1.82, 2.24) is 0 Å². The van der Waals surface area contributed by atoms with E-state index in [9.17, 15) is 0 Å². The summed E-state index contributed by atoms with van der Waals surface area (Å²) in [5.41, 5.74) is 0. The molecule has 0 N–H and O–H groups in total. The van der Waals surface area contributed by atoms with Crippen molar-refractivity contribution >= 4 is 8.58 Å². The second kappa shape index (κ2) is 12.8. The van der Waals surface area contributed by atoms with Crippen molar-refractivity contribution in [3.05, 3.63) is 50.6 Å². The maximum absolute atomic E-state index is 4.05. The lowest BCUT2D eigenvalue weighted by molar-refractivity contribution is 0.472. The molecule has 0 nitrogen and oxygen atoms in total. The molecular formula is C22H39P. The maximum Gasteiger partial charge on any atom is -0.00481 e. The number of unbranched alkanes of at least 4 members (excludes halogenated alkanes) is 2. The summed E-state index contributed by atoms with van der Waals surface area (Å²) in [5, 5.41) is 0.665. The van der Waals surface area contributed by atoms with Crippen LogP contribution in [0.2, 0.25) is 0 Å². The Morgan fingerprint density at radius 3 is 1.17 bits per heavy atom. The van der Waals surface area contributed by atoms with Crippen LogP contribution in [0.1, 0.15) is 78.1 Å². The van der Waals surface area contributed by atoms with Crippen LogP contribution in [0, 0.1) is 0 Å². The van der Waals surface area contributed by atoms with Crippen molar-refractivity contribution < 1.29 is 0 Å². The number of hydrogen-bond donors (Lipinski definition) is 0. The van der Waals surface area contributed by atoms with Crippen molar-refractivity contribution in [2.24, 2.45) is 0 Å². The van der Waals surface area contributed by atoms with Gasteiger partial charge in [0.15, 0.2) is 0 Å². The zero-order chi connectivity index (χ0) is 17.6. The van der Waals surface area contributed by atoms with Crippen LogP contribution >= 0.6 is 8.58 Å². The molecule has 0 radical (unpaired) electrons. The molecule has 0 aliphatic rings. The standard InChI is InChI=1S/C22H39P/c1-7-13-19-21(15-9-3,16-10-4)23-22(17-11-5,18-12-6)20-14-8-2/h9-12,23H,3-8,13-20H2,1-2H3. The summed E-state index contributed by atoms with van der Waals surface area (Å²) < 4.78 is 0. The predicted octanol–water partition coefficient (Wildman–Crippen LogP) is 7.83. The Balaban J connectivity index is 5.56. The minimum Gasteiger partial charge on any atom is -0.108 e. The smallest absolute Gasteiger partial charge is 0.00481 e. The van der Waals surface area contributed by atoms with E-state index in [1.165, 1.54) is 38.5 Å². The normalized spacial score (nSPS) is 11.9. The largest absolute Gasteiger partial charge is 0.108 e. The summed E-state index contributed by atoms with van der Waals surface area (Å²) in [5.74, 6) is 0. The molecule has 0 atom stereocenters. The third kappa shape index (κ3) is 8.16. The fourth-order valence-electron chi connectivity index (χ4n) is 3.60. The molecule has 0 fully saturated rings. The summed E-state index contributed by atoms with van der Waals surface area (Å²) in [7, 11) is 0.917. The van der Waals surface area contributed by atoms with E-state index in [1.54, 1.807) is 0 Å². The van der Waals surface area contributed by atoms with Crippen molar-refractivity contribution in [2.45, 2.75) is 88.4 Å². The summed E-state index contributed by atoms with van der Waals surface area (Å²) >= 11 is 0. The molecule has 0 aromatic rings. The lowest BCUT2D eigenvalue weighted by atomic mass is 9.92. The van der Waals surface area contributed by atoms with E-state index in [2.05, 4.69) is 64.5 Å². The van der Waals surface area contributed by atoms with E-state index in [0.29, 0.717) is 10.3 Å². The van der Waals surface area contributed by atoms with Gasteiger partial charge in [-0.2, -0.15) is 0 Å². The molecule has 1 heteroatoms. The van der Waals surface area contributed by atoms with Gasteiger partial charge in [0, 0.05) is 0 Å². The Labute approximate surface area is 148 Å². The van der Waals surface area contributed by atoms with Gasteiger partial charge in [0.25, 0.3) is 0 Å². The first-order valence-corrected chi connectivity index (χ1v) is 10.3. The molecule has 0 aliphatic carbocycles. The van der Waals surface area contributed by atoms with E-state index >= 15 is 0 Å². The molecule has 0 aromatic heterocycles. The summed E-state index contributed by atoms with van der Waals surface area (Å²) in [6.07, 6.45) is 20.5. The summed E-state index contributed by atoms with van der Waals surface area (Å²) in [6.45, 7) is 20.8. The highest BCUT2D eigenvalue weighted by Crippen LogP contribution is 2.56. The fourth-order valence-corrected chi connectivity index (χ4v) is 6.32. The highest BCUT2D eigenvalue weighted by atomic mass is 31.1. The van der Waals surface area contributed by atoms with E-state index in [1.807, 2.05) is 0 Å². The van der Waals surface area contributed by atoms with Gasteiger partial charge in [-0.25, -0.2) is 0 Å². The highest BCUT2D eigenvalue weighted by molar-refractivity contribution is 7.42. The average Bonchev–Trinajstić information content (AvgIpc) is 2.52. The predicted molar refractivity (Wildman–Crippen MR) is 112 cm³/mol. The first-order valence-electron chi connectivity index (χ1n) is 9.30. The molecule has 0 aromatic carbocycles. The maximum atomic E-state index is 4.05. The van der Waals surface area contributed by atoms with Gasteiger partial charge in [0.2, 0.25) is 0 Å². The van der Waals surface area contributed by atoms with Crippen LogP contribution in [-0.4, -0.2) is 10.3 Å². The van der Waals surface area contributed by atoms with Gasteiger partial charge in [-0.05, 0) is 48.8 Å². The Morgan fingerprint density at radius 1 is 0.652 bits per heavy atom. The van der Waals surface area contributed by atoms with E-state index < -0.39 is 0 Å². The Kier molecular flexibility index (Phi) is 12.4. The minimum absolute atomic E-state index is 0.333. The molecule has 0 unspecified atom stereocenters. The summed E-state index contributed by atoms with van der Waals surface area (Å²) in [6, 6.07) is 0. The first kappa shape index (κ1) is 22.4. The molecule has 132 valence electrons. The van der Waals surface area contributed by atoms with Gasteiger partial charge in [0.05, 0.1) is 0 Å². The highest BCUT2D eigenvalue weighted by Gasteiger charge is 2.37. The SMILES string of the molecule is C=CCC(CC=C)(CCCC)PC(CC=C)(CC=C)CCCC. The molecular weight excluding hydrogens is 295 g/mol. The first-order chi connectivity index (χ1) is 11.1. The van der Waals surface area contributed by atoms with Crippen molar-refractivity contribution in [2.75, 3.05) is 0 Å². The molecule has 0 saturated heterocycles. The zero-order valence-corrected chi connectivity index (χ0v) is 16.7. The van der Waals surface area contributed by atoms with Gasteiger partial charge in [-0.15, -0.1) is 34.9 Å². The number of allylic oxidation sites excluding steroid dienone is 4. The molecule has 0 bridgehead atoms. The van der Waals surface area contributed by atoms with Crippen molar-refractivity contribution in [1.29, 1.82) is 0 Å². The molecule has 0 amide bonds. The van der Waals surface area contributed by atoms with Gasteiger partial charge in [-0.1, -0.05) is 63.8 Å². The van der Waals surface area contributed by atoms with Crippen LogP contribution in [0.4, 0.5) is 0 Å². The monoisotopic (exact) mass is 334 g/mol. The average molecular weight is 335 g/mol. The van der Waals surface area contributed by atoms with Gasteiger partial charge >= 0.3 is 0 Å². The van der Waals surface area contributed by atoms with Crippen LogP contribution in [0.15, 0.2) is 50.6 Å². The van der Waals surface area contributed by atoms with E-state index in [-0.39, 0.29) is 0 Å². The van der Waals surface area contributed by atoms with Gasteiger partial charge in [-0.3, -0.25) is 0 Å². The second-order valence-corrected chi connectivity index (χ2v) is 9.24. The van der Waals surface area contributed by atoms with Crippen LogP contribution in [0.25, 0.3) is 0 Å². The Bertz CT molecular complexity index is 299. The molecule has 0 spiro atoms. The zero-order valence-electron chi connectivity index (χ0n) is 15.7. The molecule has 23 heavy (non-hydrogen) atoms. The lowest BCUT2D eigenvalue weighted by Gasteiger charge is -2.43. The molecule has 0 heterocycles. The topological polar surface area (TPSA) is 0 Å². The molecule has 0 aliphatic heterocycles.